The minimum atomic E-state index is -4.59. The first-order valence-electron chi connectivity index (χ1n) is 1.26. The highest BCUT2D eigenvalue weighted by Gasteiger charge is 1.98. The maximum absolute atomic E-state index is 9.49. The fourth-order valence-electron chi connectivity index (χ4n) is 0.0860. The van der Waals surface area contributed by atoms with Gasteiger partial charge in [0.25, 0.3) is 0 Å². The van der Waals surface area contributed by atoms with Gasteiger partial charge in [0, 0.05) is 11.3 Å². The van der Waals surface area contributed by atoms with E-state index in [1.807, 2.05) is 0 Å². The second-order valence-corrected chi connectivity index (χ2v) is 2.88. The molecule has 50 valence electrons. The molecule has 1 unspecified atom stereocenters. The van der Waals surface area contributed by atoms with Gasteiger partial charge in [-0.1, -0.05) is 0 Å². The number of rotatable bonds is 2. The van der Waals surface area contributed by atoms with Gasteiger partial charge in [0.15, 0.2) is 0 Å². The molecule has 1 atom stereocenters. The van der Waals surface area contributed by atoms with E-state index >= 15 is 0 Å². The quantitative estimate of drug-likeness (QED) is 0.365. The van der Waals surface area contributed by atoms with Gasteiger partial charge >= 0.3 is 10.3 Å². The van der Waals surface area contributed by atoms with Crippen molar-refractivity contribution >= 4 is 21.6 Å². The van der Waals surface area contributed by atoms with Gasteiger partial charge in [-0.3, -0.25) is 8.76 Å². The average molecular weight is 160 g/mol. The highest BCUT2D eigenvalue weighted by Crippen LogP contribution is 1.71. The van der Waals surface area contributed by atoms with Crippen LogP contribution in [0.15, 0.2) is 0 Å². The molecule has 0 aliphatic heterocycles. The summed E-state index contributed by atoms with van der Waals surface area (Å²) in [5.74, 6) is 0. The van der Waals surface area contributed by atoms with Crippen LogP contribution in [0.2, 0.25) is 0 Å². The first-order chi connectivity index (χ1) is 3.42. The van der Waals surface area contributed by atoms with Crippen LogP contribution >= 0.6 is 0 Å². The molecule has 0 heterocycles. The summed E-state index contributed by atoms with van der Waals surface area (Å²) < 4.78 is 46.2. The predicted octanol–water partition coefficient (Wildman–Crippen LogP) is -1.83. The van der Waals surface area contributed by atoms with Crippen molar-refractivity contribution in [3.05, 3.63) is 0 Å². The van der Waals surface area contributed by atoms with Crippen LogP contribution in [-0.4, -0.2) is 21.7 Å². The van der Waals surface area contributed by atoms with Gasteiger partial charge in [0.05, 0.1) is 0 Å². The van der Waals surface area contributed by atoms with Crippen molar-refractivity contribution in [1.82, 2.24) is 4.13 Å². The lowest BCUT2D eigenvalue weighted by Gasteiger charge is -2.00. The molecule has 0 saturated heterocycles. The molecule has 0 spiro atoms. The Labute approximate surface area is 48.2 Å². The van der Waals surface area contributed by atoms with Crippen LogP contribution in [0.5, 0.6) is 0 Å². The molecule has 8 heteroatoms. The molecule has 0 aromatic carbocycles. The molecule has 0 rings (SSSR count). The van der Waals surface area contributed by atoms with Crippen molar-refractivity contribution in [2.24, 2.45) is 0 Å². The number of nitrogens with one attached hydrogen (secondary N) is 1. The maximum Gasteiger partial charge on any atom is 0.343 e. The van der Waals surface area contributed by atoms with Gasteiger partial charge in [-0.2, -0.15) is 8.42 Å². The molecule has 0 radical (unpaired) electrons. The van der Waals surface area contributed by atoms with E-state index in [0.29, 0.717) is 0 Å². The highest BCUT2D eigenvalue weighted by molar-refractivity contribution is 7.96. The van der Waals surface area contributed by atoms with Crippen molar-refractivity contribution in [1.29, 1.82) is 0 Å². The van der Waals surface area contributed by atoms with Gasteiger partial charge in [-0.25, -0.2) is 0 Å². The first-order valence-corrected chi connectivity index (χ1v) is 3.77. The van der Waals surface area contributed by atoms with E-state index in [0.717, 1.165) is 4.13 Å². The van der Waals surface area contributed by atoms with Crippen molar-refractivity contribution < 1.29 is 21.7 Å². The smallest absolute Gasteiger partial charge is 0.343 e. The van der Waals surface area contributed by atoms with Crippen LogP contribution in [0.1, 0.15) is 0 Å². The standard InChI is InChI=1S/H3NO5S2/c2-7(3)1-8(4,5)6/h1H,(H,2,3)(H,4,5,6)/p-1. The van der Waals surface area contributed by atoms with Crippen molar-refractivity contribution in [3.63, 3.8) is 0 Å². The molecule has 0 aliphatic carbocycles. The number of hydrogen-bond acceptors (Lipinski definition) is 4. The molecular weight excluding hydrogens is 158 g/mol. The summed E-state index contributed by atoms with van der Waals surface area (Å²) in [4.78, 5) is 0. The Hall–Kier alpha value is -0.0200. The van der Waals surface area contributed by atoms with Crippen LogP contribution in [0.25, 0.3) is 0 Å². The summed E-state index contributed by atoms with van der Waals surface area (Å²) in [5, 5.41) is 0. The minimum Gasteiger partial charge on any atom is -0.759 e. The summed E-state index contributed by atoms with van der Waals surface area (Å²) in [5.41, 5.74) is 0. The van der Waals surface area contributed by atoms with E-state index in [4.69, 9.17) is 4.55 Å². The van der Waals surface area contributed by atoms with Gasteiger partial charge < -0.3 is 4.55 Å². The topological polar surface area (TPSA) is 107 Å². The average Bonchev–Trinajstić information content (AvgIpc) is 1.21. The highest BCUT2D eigenvalue weighted by atomic mass is 32.3. The second kappa shape index (κ2) is 2.51. The van der Waals surface area contributed by atoms with Crippen LogP contribution in [0, 0.1) is 0 Å². The predicted molar refractivity (Wildman–Crippen MR) is 23.6 cm³/mol. The largest absolute Gasteiger partial charge is 0.759 e. The van der Waals surface area contributed by atoms with Gasteiger partial charge in [-0.15, -0.1) is 4.13 Å². The third-order valence-corrected chi connectivity index (χ3v) is 1.56. The molecule has 2 N–H and O–H groups in total. The lowest BCUT2D eigenvalue weighted by atomic mass is 13.9. The summed E-state index contributed by atoms with van der Waals surface area (Å²) in [6.07, 6.45) is 0. The fourth-order valence-corrected chi connectivity index (χ4v) is 0.774. The minimum absolute atomic E-state index is 0.826. The third kappa shape index (κ3) is 5.98. The lowest BCUT2D eigenvalue weighted by molar-refractivity contribution is 0.473. The second-order valence-electron chi connectivity index (χ2n) is 0.793. The molecule has 0 fully saturated rings. The van der Waals surface area contributed by atoms with E-state index in [-0.39, 0.29) is 0 Å². The Morgan fingerprint density at radius 3 is 2.00 bits per heavy atom. The molecule has 0 aromatic rings. The van der Waals surface area contributed by atoms with Crippen molar-refractivity contribution in [2.45, 2.75) is 0 Å². The van der Waals surface area contributed by atoms with E-state index in [1.165, 1.54) is 0 Å². The van der Waals surface area contributed by atoms with Gasteiger partial charge in [0.1, 0.15) is 0 Å². The van der Waals surface area contributed by atoms with Crippen molar-refractivity contribution in [2.75, 3.05) is 0 Å². The maximum atomic E-state index is 9.49. The monoisotopic (exact) mass is 160 g/mol. The Bertz CT molecular complexity index is 177. The van der Waals surface area contributed by atoms with E-state index < -0.39 is 21.6 Å². The Morgan fingerprint density at radius 2 is 2.00 bits per heavy atom. The fraction of sp³-hybridized carbons (Fsp3) is 0. The zero-order valence-electron chi connectivity index (χ0n) is 3.40. The molecule has 6 nitrogen and oxygen atoms in total. The van der Waals surface area contributed by atoms with E-state index in [2.05, 4.69) is 0 Å². The zero-order valence-corrected chi connectivity index (χ0v) is 5.03. The molecule has 0 bridgehead atoms. The Morgan fingerprint density at radius 1 is 1.62 bits per heavy atom. The summed E-state index contributed by atoms with van der Waals surface area (Å²) >= 11 is -2.97. The zero-order chi connectivity index (χ0) is 6.78. The molecule has 0 saturated carbocycles. The van der Waals surface area contributed by atoms with Crippen LogP contribution in [0.3, 0.4) is 0 Å². The van der Waals surface area contributed by atoms with Crippen LogP contribution < -0.4 is 4.13 Å². The van der Waals surface area contributed by atoms with E-state index in [1.54, 1.807) is 0 Å². The number of hydrogen-bond donors (Lipinski definition) is 2. The molecule has 0 aliphatic rings. The van der Waals surface area contributed by atoms with Crippen molar-refractivity contribution in [3.8, 4) is 0 Å². The van der Waals surface area contributed by atoms with Crippen LogP contribution in [-0.2, 0) is 21.6 Å². The molecule has 0 amide bonds. The van der Waals surface area contributed by atoms with Gasteiger partial charge in [-0.05, 0) is 0 Å². The molecule has 8 heavy (non-hydrogen) atoms. The Balaban J connectivity index is 3.95. The first kappa shape index (κ1) is 7.98. The SMILES string of the molecule is O=S([O-])NS(=O)(=O)O. The van der Waals surface area contributed by atoms with Crippen LogP contribution in [0.4, 0.5) is 0 Å². The molecule has 0 aromatic heterocycles. The molecular formula is H2NO5S2-. The Kier molecular flexibility index (Phi) is 2.50. The summed E-state index contributed by atoms with van der Waals surface area (Å²) in [6.45, 7) is 0. The summed E-state index contributed by atoms with van der Waals surface area (Å²) in [6, 6.07) is 0. The van der Waals surface area contributed by atoms with Gasteiger partial charge in [0.2, 0.25) is 0 Å². The normalized spacial score (nSPS) is 15.8. The third-order valence-electron chi connectivity index (χ3n) is 0.173. The summed E-state index contributed by atoms with van der Waals surface area (Å²) in [7, 11) is -4.59. The van der Waals surface area contributed by atoms with E-state index in [9.17, 15) is 17.2 Å². The lowest BCUT2D eigenvalue weighted by Crippen LogP contribution is -2.24.